The summed E-state index contributed by atoms with van der Waals surface area (Å²) in [4.78, 5) is 25.5. The molecule has 0 saturated carbocycles. The maximum atomic E-state index is 12.1. The van der Waals surface area contributed by atoms with Crippen molar-refractivity contribution in [2.24, 2.45) is 5.92 Å². The van der Waals surface area contributed by atoms with E-state index in [1.54, 1.807) is 4.90 Å². The van der Waals surface area contributed by atoms with E-state index in [0.717, 1.165) is 18.5 Å². The molecule has 0 spiro atoms. The second kappa shape index (κ2) is 9.15. The lowest BCUT2D eigenvalue weighted by molar-refractivity contribution is 0.249. The van der Waals surface area contributed by atoms with Crippen LogP contribution in [0.25, 0.3) is 0 Å². The Hall–Kier alpha value is -2.24. The molecule has 6 heteroatoms. The number of carbonyl (C=O) groups is 2. The van der Waals surface area contributed by atoms with Gasteiger partial charge in [-0.1, -0.05) is 39.2 Å². The van der Waals surface area contributed by atoms with Crippen molar-refractivity contribution in [1.82, 2.24) is 10.6 Å². The van der Waals surface area contributed by atoms with Crippen molar-refractivity contribution in [3.63, 3.8) is 0 Å². The smallest absolute Gasteiger partial charge is 0.321 e. The van der Waals surface area contributed by atoms with Gasteiger partial charge in [0.1, 0.15) is 0 Å². The Morgan fingerprint density at radius 2 is 2.21 bits per heavy atom. The van der Waals surface area contributed by atoms with Crippen LogP contribution in [0, 0.1) is 5.92 Å². The van der Waals surface area contributed by atoms with Gasteiger partial charge in [-0.3, -0.25) is 4.90 Å². The maximum absolute atomic E-state index is 12.1. The number of hydrogen-bond donors (Lipinski definition) is 3. The predicted octanol–water partition coefficient (Wildman–Crippen LogP) is 3.55. The molecule has 1 aromatic rings. The second-order valence-electron chi connectivity index (χ2n) is 6.19. The third kappa shape index (κ3) is 5.15. The highest BCUT2D eigenvalue weighted by Gasteiger charge is 2.21. The summed E-state index contributed by atoms with van der Waals surface area (Å²) >= 11 is 0. The van der Waals surface area contributed by atoms with Crippen LogP contribution in [0.1, 0.15) is 39.5 Å². The lowest BCUT2D eigenvalue weighted by atomic mass is 9.99. The SMILES string of the molecule is CCCCC(CC)CNC(=O)Nc1cccc(N2CCNC2=O)c1. The molecule has 132 valence electrons. The molecule has 24 heavy (non-hydrogen) atoms. The molecule has 1 atom stereocenters. The summed E-state index contributed by atoms with van der Waals surface area (Å²) in [6.07, 6.45) is 4.59. The normalized spacial score (nSPS) is 15.1. The molecule has 1 aromatic carbocycles. The van der Waals surface area contributed by atoms with Crippen LogP contribution in [0.2, 0.25) is 0 Å². The van der Waals surface area contributed by atoms with Gasteiger partial charge in [0.25, 0.3) is 0 Å². The van der Waals surface area contributed by atoms with Gasteiger partial charge < -0.3 is 16.0 Å². The van der Waals surface area contributed by atoms with Crippen molar-refractivity contribution in [1.29, 1.82) is 0 Å². The quantitative estimate of drug-likeness (QED) is 0.681. The summed E-state index contributed by atoms with van der Waals surface area (Å²) in [6, 6.07) is 7.05. The van der Waals surface area contributed by atoms with E-state index in [1.165, 1.54) is 12.8 Å². The average Bonchev–Trinajstić information content (AvgIpc) is 3.01. The molecule has 1 saturated heterocycles. The summed E-state index contributed by atoms with van der Waals surface area (Å²) in [5.41, 5.74) is 1.48. The number of anilines is 2. The zero-order valence-electron chi connectivity index (χ0n) is 14.6. The van der Waals surface area contributed by atoms with E-state index in [9.17, 15) is 9.59 Å². The third-order valence-corrected chi connectivity index (χ3v) is 4.37. The minimum atomic E-state index is -0.201. The van der Waals surface area contributed by atoms with Crippen molar-refractivity contribution in [3.05, 3.63) is 24.3 Å². The lowest BCUT2D eigenvalue weighted by Gasteiger charge is -2.17. The van der Waals surface area contributed by atoms with Gasteiger partial charge in [-0.25, -0.2) is 9.59 Å². The van der Waals surface area contributed by atoms with Gasteiger partial charge in [0, 0.05) is 31.0 Å². The Morgan fingerprint density at radius 3 is 2.88 bits per heavy atom. The first-order chi connectivity index (χ1) is 11.6. The summed E-state index contributed by atoms with van der Waals surface area (Å²) in [5.74, 6) is 0.523. The number of hydrogen-bond acceptors (Lipinski definition) is 2. The van der Waals surface area contributed by atoms with Crippen molar-refractivity contribution < 1.29 is 9.59 Å². The van der Waals surface area contributed by atoms with Gasteiger partial charge >= 0.3 is 12.1 Å². The Kier molecular flexibility index (Phi) is 6.90. The van der Waals surface area contributed by atoms with E-state index in [2.05, 4.69) is 29.8 Å². The largest absolute Gasteiger partial charge is 0.338 e. The van der Waals surface area contributed by atoms with Crippen LogP contribution in [0.15, 0.2) is 24.3 Å². The number of rotatable bonds is 8. The van der Waals surface area contributed by atoms with Crippen molar-refractivity contribution in [2.45, 2.75) is 39.5 Å². The van der Waals surface area contributed by atoms with Crippen molar-refractivity contribution >= 4 is 23.4 Å². The minimum Gasteiger partial charge on any atom is -0.338 e. The zero-order chi connectivity index (χ0) is 17.4. The molecule has 6 nitrogen and oxygen atoms in total. The molecule has 0 aromatic heterocycles. The number of carbonyl (C=O) groups excluding carboxylic acids is 2. The number of nitrogens with zero attached hydrogens (tertiary/aromatic N) is 1. The first kappa shape index (κ1) is 18.1. The topological polar surface area (TPSA) is 73.5 Å². The first-order valence-electron chi connectivity index (χ1n) is 8.84. The van der Waals surface area contributed by atoms with Gasteiger partial charge in [0.15, 0.2) is 0 Å². The first-order valence-corrected chi connectivity index (χ1v) is 8.84. The third-order valence-electron chi connectivity index (χ3n) is 4.37. The van der Waals surface area contributed by atoms with Gasteiger partial charge in [0.05, 0.1) is 0 Å². The standard InChI is InChI=1S/C18H28N4O2/c1-3-5-7-14(4-2)13-20-17(23)21-15-8-6-9-16(12-15)22-11-10-19-18(22)24/h6,8-9,12,14H,3-5,7,10-11,13H2,1-2H3,(H,19,24)(H2,20,21,23). The summed E-state index contributed by atoms with van der Waals surface area (Å²) in [7, 11) is 0. The summed E-state index contributed by atoms with van der Waals surface area (Å²) in [6.45, 7) is 6.32. The molecule has 1 aliphatic heterocycles. The van der Waals surface area contributed by atoms with Crippen LogP contribution in [0.4, 0.5) is 21.0 Å². The van der Waals surface area contributed by atoms with E-state index >= 15 is 0 Å². The van der Waals surface area contributed by atoms with Gasteiger partial charge in [-0.05, 0) is 30.5 Å². The molecule has 2 rings (SSSR count). The fourth-order valence-electron chi connectivity index (χ4n) is 2.83. The maximum Gasteiger partial charge on any atom is 0.321 e. The molecule has 0 radical (unpaired) electrons. The van der Waals surface area contributed by atoms with E-state index in [4.69, 9.17) is 0 Å². The van der Waals surface area contributed by atoms with E-state index in [0.29, 0.717) is 31.2 Å². The molecule has 1 fully saturated rings. The van der Waals surface area contributed by atoms with E-state index in [1.807, 2.05) is 24.3 Å². The van der Waals surface area contributed by atoms with Crippen molar-refractivity contribution in [3.8, 4) is 0 Å². The van der Waals surface area contributed by atoms with Crippen LogP contribution >= 0.6 is 0 Å². The molecule has 0 aliphatic carbocycles. The van der Waals surface area contributed by atoms with Crippen molar-refractivity contribution in [2.75, 3.05) is 29.9 Å². The van der Waals surface area contributed by atoms with E-state index in [-0.39, 0.29) is 12.1 Å². The Labute approximate surface area is 144 Å². The van der Waals surface area contributed by atoms with Crippen LogP contribution in [0.5, 0.6) is 0 Å². The fraction of sp³-hybridized carbons (Fsp3) is 0.556. The van der Waals surface area contributed by atoms with Crippen LogP contribution in [0.3, 0.4) is 0 Å². The number of nitrogens with one attached hydrogen (secondary N) is 3. The number of urea groups is 2. The van der Waals surface area contributed by atoms with Gasteiger partial charge in [-0.15, -0.1) is 0 Å². The molecule has 1 aliphatic rings. The Morgan fingerprint density at radius 1 is 1.38 bits per heavy atom. The minimum absolute atomic E-state index is 0.0988. The molecule has 1 unspecified atom stereocenters. The molecule has 0 bridgehead atoms. The van der Waals surface area contributed by atoms with Crippen LogP contribution in [-0.2, 0) is 0 Å². The predicted molar refractivity (Wildman–Crippen MR) is 97.5 cm³/mol. The van der Waals surface area contributed by atoms with Gasteiger partial charge in [-0.2, -0.15) is 0 Å². The monoisotopic (exact) mass is 332 g/mol. The Balaban J connectivity index is 1.86. The highest BCUT2D eigenvalue weighted by Crippen LogP contribution is 2.21. The lowest BCUT2D eigenvalue weighted by Crippen LogP contribution is -2.33. The van der Waals surface area contributed by atoms with E-state index < -0.39 is 0 Å². The van der Waals surface area contributed by atoms with Crippen LogP contribution < -0.4 is 20.9 Å². The summed E-state index contributed by atoms with van der Waals surface area (Å²) < 4.78 is 0. The molecule has 1 heterocycles. The molecular weight excluding hydrogens is 304 g/mol. The summed E-state index contributed by atoms with van der Waals surface area (Å²) in [5, 5.41) is 8.57. The highest BCUT2D eigenvalue weighted by atomic mass is 16.2. The molecule has 4 amide bonds. The molecular formula is C18H28N4O2. The van der Waals surface area contributed by atoms with Crippen LogP contribution in [-0.4, -0.2) is 31.7 Å². The fourth-order valence-corrected chi connectivity index (χ4v) is 2.83. The number of benzene rings is 1. The zero-order valence-corrected chi connectivity index (χ0v) is 14.6. The highest BCUT2D eigenvalue weighted by molar-refractivity contribution is 5.95. The second-order valence-corrected chi connectivity index (χ2v) is 6.19. The average molecular weight is 332 g/mol. The number of unbranched alkanes of at least 4 members (excludes halogenated alkanes) is 1. The molecule has 3 N–H and O–H groups in total. The number of amides is 4. The van der Waals surface area contributed by atoms with Gasteiger partial charge in [0.2, 0.25) is 0 Å². The Bertz CT molecular complexity index is 562.